The van der Waals surface area contributed by atoms with E-state index in [1.165, 1.54) is 7.11 Å². The Hall–Kier alpha value is -3.60. The number of sulfonamides is 1. The summed E-state index contributed by atoms with van der Waals surface area (Å²) >= 11 is 0. The van der Waals surface area contributed by atoms with E-state index >= 15 is 0 Å². The monoisotopic (exact) mass is 461 g/mol. The molecule has 170 valence electrons. The lowest BCUT2D eigenvalue weighted by molar-refractivity contribution is -0.143. The molecule has 0 saturated heterocycles. The molecule has 1 aromatic heterocycles. The van der Waals surface area contributed by atoms with Gasteiger partial charge in [0.1, 0.15) is 18.0 Å². The van der Waals surface area contributed by atoms with Crippen molar-refractivity contribution in [1.82, 2.24) is 10.1 Å². The topological polar surface area (TPSA) is 121 Å². The summed E-state index contributed by atoms with van der Waals surface area (Å²) in [6.07, 6.45) is 1.03. The summed E-state index contributed by atoms with van der Waals surface area (Å²) in [5.41, 5.74) is 1.68. The van der Waals surface area contributed by atoms with Crippen LogP contribution in [0.3, 0.4) is 0 Å². The SMILES string of the molecule is COc1ccc(-c2noc(COC(=O)CN(c3ccccc3C)S(C)(=O)=O)n2)c(OC)c1. The van der Waals surface area contributed by atoms with Gasteiger partial charge in [0.05, 0.1) is 31.7 Å². The van der Waals surface area contributed by atoms with Crippen molar-refractivity contribution in [3.63, 3.8) is 0 Å². The molecular weight excluding hydrogens is 438 g/mol. The molecule has 0 bridgehead atoms. The van der Waals surface area contributed by atoms with Gasteiger partial charge in [-0.3, -0.25) is 9.10 Å². The van der Waals surface area contributed by atoms with Crippen LogP contribution in [0.5, 0.6) is 11.5 Å². The molecule has 10 nitrogen and oxygen atoms in total. The van der Waals surface area contributed by atoms with Crippen molar-refractivity contribution in [2.75, 3.05) is 31.3 Å². The second-order valence-corrected chi connectivity index (χ2v) is 8.70. The van der Waals surface area contributed by atoms with Crippen molar-refractivity contribution in [3.8, 4) is 22.9 Å². The van der Waals surface area contributed by atoms with Gasteiger partial charge in [-0.1, -0.05) is 23.4 Å². The Balaban J connectivity index is 1.69. The number of aromatic nitrogens is 2. The Labute approximate surface area is 185 Å². The molecule has 0 radical (unpaired) electrons. The van der Waals surface area contributed by atoms with Crippen molar-refractivity contribution in [2.24, 2.45) is 0 Å². The highest BCUT2D eigenvalue weighted by atomic mass is 32.2. The van der Waals surface area contributed by atoms with E-state index in [9.17, 15) is 13.2 Å². The predicted molar refractivity (Wildman–Crippen MR) is 116 cm³/mol. The Kier molecular flexibility index (Phi) is 6.98. The molecule has 0 saturated carbocycles. The lowest BCUT2D eigenvalue weighted by atomic mass is 10.2. The van der Waals surface area contributed by atoms with Gasteiger partial charge in [0.2, 0.25) is 15.8 Å². The van der Waals surface area contributed by atoms with E-state index in [-0.39, 0.29) is 18.3 Å². The molecule has 0 aliphatic rings. The normalized spacial score (nSPS) is 11.1. The van der Waals surface area contributed by atoms with Crippen molar-refractivity contribution < 1.29 is 31.9 Å². The van der Waals surface area contributed by atoms with E-state index in [2.05, 4.69) is 10.1 Å². The highest BCUT2D eigenvalue weighted by molar-refractivity contribution is 7.92. The van der Waals surface area contributed by atoms with Crippen LogP contribution < -0.4 is 13.8 Å². The fraction of sp³-hybridized carbons (Fsp3) is 0.286. The Morgan fingerprint density at radius 1 is 1.12 bits per heavy atom. The first-order chi connectivity index (χ1) is 15.2. The van der Waals surface area contributed by atoms with Crippen molar-refractivity contribution in [1.29, 1.82) is 0 Å². The molecule has 0 aliphatic carbocycles. The number of hydrogen-bond acceptors (Lipinski definition) is 9. The summed E-state index contributed by atoms with van der Waals surface area (Å²) in [4.78, 5) is 16.6. The Morgan fingerprint density at radius 2 is 1.88 bits per heavy atom. The number of aryl methyl sites for hydroxylation is 1. The maximum atomic E-state index is 12.4. The Bertz CT molecular complexity index is 1210. The number of anilines is 1. The molecule has 2 aromatic carbocycles. The van der Waals surface area contributed by atoms with Gasteiger partial charge in [-0.15, -0.1) is 0 Å². The minimum Gasteiger partial charge on any atom is -0.497 e. The number of rotatable bonds is 9. The molecule has 3 rings (SSSR count). The Morgan fingerprint density at radius 3 is 2.53 bits per heavy atom. The standard InChI is InChI=1S/C21H23N3O7S/c1-14-7-5-6-8-17(14)24(32(4,26)27)12-20(25)30-13-19-22-21(23-31-19)16-10-9-15(28-2)11-18(16)29-3/h5-11H,12-13H2,1-4H3. The van der Waals surface area contributed by atoms with Gasteiger partial charge in [0, 0.05) is 6.07 Å². The number of nitrogens with zero attached hydrogens (tertiary/aromatic N) is 3. The lowest BCUT2D eigenvalue weighted by Gasteiger charge is -2.22. The van der Waals surface area contributed by atoms with Crippen LogP contribution >= 0.6 is 0 Å². The minimum absolute atomic E-state index is 0.0491. The van der Waals surface area contributed by atoms with Crippen LogP contribution in [0, 0.1) is 6.92 Å². The third-order valence-electron chi connectivity index (χ3n) is 4.53. The molecule has 0 amide bonds. The van der Waals surface area contributed by atoms with E-state index in [1.54, 1.807) is 56.5 Å². The van der Waals surface area contributed by atoms with Crippen LogP contribution in [0.25, 0.3) is 11.4 Å². The molecule has 32 heavy (non-hydrogen) atoms. The molecule has 0 fully saturated rings. The van der Waals surface area contributed by atoms with Gasteiger partial charge >= 0.3 is 5.97 Å². The summed E-state index contributed by atoms with van der Waals surface area (Å²) in [5, 5.41) is 3.88. The van der Waals surface area contributed by atoms with Crippen LogP contribution in [0.2, 0.25) is 0 Å². The molecule has 0 N–H and O–H groups in total. The van der Waals surface area contributed by atoms with Gasteiger partial charge in [0.25, 0.3) is 5.89 Å². The number of hydrogen-bond donors (Lipinski definition) is 0. The highest BCUT2D eigenvalue weighted by Crippen LogP contribution is 2.31. The molecule has 0 aliphatic heterocycles. The number of esters is 1. The smallest absolute Gasteiger partial charge is 0.327 e. The van der Waals surface area contributed by atoms with Gasteiger partial charge in [0.15, 0.2) is 6.61 Å². The van der Waals surface area contributed by atoms with Crippen molar-refractivity contribution in [2.45, 2.75) is 13.5 Å². The number of para-hydroxylation sites is 1. The lowest BCUT2D eigenvalue weighted by Crippen LogP contribution is -2.36. The second kappa shape index (κ2) is 9.69. The first-order valence-corrected chi connectivity index (χ1v) is 11.3. The third kappa shape index (κ3) is 5.35. The van der Waals surface area contributed by atoms with E-state index < -0.39 is 22.5 Å². The number of ether oxygens (including phenoxy) is 3. The fourth-order valence-electron chi connectivity index (χ4n) is 2.94. The summed E-state index contributed by atoms with van der Waals surface area (Å²) in [5.74, 6) is 0.616. The molecule has 11 heteroatoms. The van der Waals surface area contributed by atoms with E-state index in [0.29, 0.717) is 28.3 Å². The zero-order valence-corrected chi connectivity index (χ0v) is 18.9. The molecule has 0 spiro atoms. The number of benzene rings is 2. The summed E-state index contributed by atoms with van der Waals surface area (Å²) in [7, 11) is -0.663. The van der Waals surface area contributed by atoms with E-state index in [0.717, 1.165) is 10.6 Å². The second-order valence-electron chi connectivity index (χ2n) is 6.79. The maximum Gasteiger partial charge on any atom is 0.327 e. The summed E-state index contributed by atoms with van der Waals surface area (Å²) in [6, 6.07) is 12.0. The number of carbonyl (C=O) groups is 1. The van der Waals surface area contributed by atoms with Gasteiger partial charge in [-0.2, -0.15) is 4.98 Å². The first kappa shape index (κ1) is 23.1. The van der Waals surface area contributed by atoms with E-state index in [4.69, 9.17) is 18.7 Å². The molecular formula is C21H23N3O7S. The number of carbonyl (C=O) groups excluding carboxylic acids is 1. The van der Waals surface area contributed by atoms with Crippen LogP contribution in [-0.2, 0) is 26.2 Å². The minimum atomic E-state index is -3.71. The van der Waals surface area contributed by atoms with Crippen LogP contribution in [0.15, 0.2) is 47.0 Å². The summed E-state index contributed by atoms with van der Waals surface area (Å²) < 4.78 is 46.2. The molecule has 0 unspecified atom stereocenters. The van der Waals surface area contributed by atoms with Gasteiger partial charge in [-0.05, 0) is 30.7 Å². The summed E-state index contributed by atoms with van der Waals surface area (Å²) in [6.45, 7) is 0.957. The average Bonchev–Trinajstić information content (AvgIpc) is 3.24. The number of methoxy groups -OCH3 is 2. The van der Waals surface area contributed by atoms with Crippen LogP contribution in [0.1, 0.15) is 11.5 Å². The molecule has 3 aromatic rings. The predicted octanol–water partition coefficient (Wildman–Crippen LogP) is 2.57. The third-order valence-corrected chi connectivity index (χ3v) is 5.66. The van der Waals surface area contributed by atoms with Crippen molar-refractivity contribution in [3.05, 3.63) is 53.9 Å². The zero-order chi connectivity index (χ0) is 23.3. The van der Waals surface area contributed by atoms with Crippen LogP contribution in [0.4, 0.5) is 5.69 Å². The highest BCUT2D eigenvalue weighted by Gasteiger charge is 2.23. The van der Waals surface area contributed by atoms with Gasteiger partial charge < -0.3 is 18.7 Å². The zero-order valence-electron chi connectivity index (χ0n) is 18.1. The average molecular weight is 461 g/mol. The van der Waals surface area contributed by atoms with Crippen molar-refractivity contribution >= 4 is 21.7 Å². The fourth-order valence-corrected chi connectivity index (χ4v) is 3.84. The van der Waals surface area contributed by atoms with Gasteiger partial charge in [-0.25, -0.2) is 8.42 Å². The largest absolute Gasteiger partial charge is 0.497 e. The maximum absolute atomic E-state index is 12.4. The first-order valence-electron chi connectivity index (χ1n) is 9.47. The quantitative estimate of drug-likeness (QED) is 0.443. The molecule has 0 atom stereocenters. The molecule has 1 heterocycles. The van der Waals surface area contributed by atoms with Crippen LogP contribution in [-0.4, -0.2) is 51.5 Å². The van der Waals surface area contributed by atoms with E-state index in [1.807, 2.05) is 0 Å².